The second kappa shape index (κ2) is 10.5. The number of aryl methyl sites for hydroxylation is 1. The van der Waals surface area contributed by atoms with Gasteiger partial charge in [0.15, 0.2) is 11.8 Å². The summed E-state index contributed by atoms with van der Waals surface area (Å²) >= 11 is 0. The number of aliphatic imine (C=N–C) groups is 1. The van der Waals surface area contributed by atoms with Crippen molar-refractivity contribution in [2.75, 3.05) is 20.2 Å². The molecule has 0 unspecified atom stereocenters. The molecule has 0 radical (unpaired) electrons. The second-order valence-electron chi connectivity index (χ2n) is 8.77. The van der Waals surface area contributed by atoms with Crippen molar-refractivity contribution in [3.8, 4) is 5.75 Å². The number of hydrogen-bond acceptors (Lipinski definition) is 4. The molecule has 1 heterocycles. The van der Waals surface area contributed by atoms with Gasteiger partial charge >= 0.3 is 0 Å². The summed E-state index contributed by atoms with van der Waals surface area (Å²) in [5.74, 6) is 3.43. The largest absolute Gasteiger partial charge is 0.497 e. The van der Waals surface area contributed by atoms with Crippen LogP contribution in [0.15, 0.2) is 59.6 Å². The molecule has 0 atom stereocenters. The van der Waals surface area contributed by atoms with Crippen LogP contribution in [0.3, 0.4) is 0 Å². The molecule has 7 nitrogen and oxygen atoms in total. The Hall–Kier alpha value is -3.35. The third-order valence-corrected chi connectivity index (χ3v) is 6.72. The molecule has 1 aliphatic carbocycles. The van der Waals surface area contributed by atoms with E-state index in [1.54, 1.807) is 7.11 Å². The van der Waals surface area contributed by atoms with Gasteiger partial charge in [0.25, 0.3) is 0 Å². The highest BCUT2D eigenvalue weighted by Gasteiger charge is 2.38. The Kier molecular flexibility index (Phi) is 7.27. The topological polar surface area (TPSA) is 76.4 Å². The number of methoxy groups -OCH3 is 1. The third-order valence-electron chi connectivity index (χ3n) is 6.72. The van der Waals surface area contributed by atoms with Crippen LogP contribution in [0.5, 0.6) is 5.75 Å². The van der Waals surface area contributed by atoms with Crippen molar-refractivity contribution < 1.29 is 4.74 Å². The second-order valence-corrected chi connectivity index (χ2v) is 8.77. The standard InChI is InChI=1S/C26H34N6O/c1-20-30-31-24(32(20)2)18-28-25(27-17-14-21-10-12-23(33-3)13-11-21)29-19-26(15-7-16-26)22-8-5-4-6-9-22/h4-6,8-13H,7,14-19H2,1-3H3,(H2,27,28,29). The average molecular weight is 447 g/mol. The van der Waals surface area contributed by atoms with Gasteiger partial charge in [-0.3, -0.25) is 0 Å². The Morgan fingerprint density at radius 1 is 1.06 bits per heavy atom. The van der Waals surface area contributed by atoms with Gasteiger partial charge in [0.2, 0.25) is 0 Å². The minimum Gasteiger partial charge on any atom is -0.497 e. The van der Waals surface area contributed by atoms with Crippen LogP contribution in [-0.4, -0.2) is 40.9 Å². The van der Waals surface area contributed by atoms with Crippen molar-refractivity contribution in [3.63, 3.8) is 0 Å². The first-order valence-corrected chi connectivity index (χ1v) is 11.7. The Morgan fingerprint density at radius 2 is 1.82 bits per heavy atom. The maximum absolute atomic E-state index is 5.26. The lowest BCUT2D eigenvalue weighted by molar-refractivity contribution is 0.244. The van der Waals surface area contributed by atoms with Gasteiger partial charge in [0.1, 0.15) is 18.1 Å². The predicted molar refractivity (Wildman–Crippen MR) is 132 cm³/mol. The van der Waals surface area contributed by atoms with Gasteiger partial charge in [-0.05, 0) is 49.4 Å². The zero-order chi connectivity index (χ0) is 23.1. The third kappa shape index (κ3) is 5.53. The van der Waals surface area contributed by atoms with Gasteiger partial charge in [-0.25, -0.2) is 4.99 Å². The van der Waals surface area contributed by atoms with Crippen LogP contribution < -0.4 is 15.4 Å². The summed E-state index contributed by atoms with van der Waals surface area (Å²) in [4.78, 5) is 4.83. The van der Waals surface area contributed by atoms with Crippen LogP contribution in [-0.2, 0) is 25.4 Å². The fourth-order valence-electron chi connectivity index (χ4n) is 4.25. The van der Waals surface area contributed by atoms with Crippen molar-refractivity contribution in [3.05, 3.63) is 77.4 Å². The molecule has 0 spiro atoms. The van der Waals surface area contributed by atoms with E-state index in [0.717, 1.165) is 42.9 Å². The highest BCUT2D eigenvalue weighted by molar-refractivity contribution is 5.80. The highest BCUT2D eigenvalue weighted by atomic mass is 16.5. The van der Waals surface area contributed by atoms with Crippen LogP contribution in [0.1, 0.15) is 42.0 Å². The fraction of sp³-hybridized carbons (Fsp3) is 0.423. The molecule has 2 aromatic carbocycles. The average Bonchev–Trinajstić information content (AvgIpc) is 3.14. The van der Waals surface area contributed by atoms with E-state index in [0.29, 0.717) is 6.54 Å². The summed E-state index contributed by atoms with van der Waals surface area (Å²) < 4.78 is 7.24. The molecule has 2 N–H and O–H groups in total. The van der Waals surface area contributed by atoms with Crippen LogP contribution >= 0.6 is 0 Å². The lowest BCUT2D eigenvalue weighted by atomic mass is 9.64. The number of nitrogens with zero attached hydrogens (tertiary/aromatic N) is 4. The maximum Gasteiger partial charge on any atom is 0.191 e. The molecule has 0 saturated heterocycles. The molecule has 3 aromatic rings. The van der Waals surface area contributed by atoms with Gasteiger partial charge in [0.05, 0.1) is 7.11 Å². The first kappa shape index (κ1) is 22.8. The van der Waals surface area contributed by atoms with Gasteiger partial charge in [-0.2, -0.15) is 0 Å². The van der Waals surface area contributed by atoms with E-state index in [1.807, 2.05) is 30.7 Å². The van der Waals surface area contributed by atoms with Crippen molar-refractivity contribution in [2.24, 2.45) is 12.0 Å². The lowest BCUT2D eigenvalue weighted by Gasteiger charge is -2.43. The Labute approximate surface area is 196 Å². The van der Waals surface area contributed by atoms with Crippen molar-refractivity contribution in [2.45, 2.75) is 44.6 Å². The van der Waals surface area contributed by atoms with E-state index in [1.165, 1.54) is 30.4 Å². The van der Waals surface area contributed by atoms with Crippen LogP contribution in [0, 0.1) is 6.92 Å². The highest BCUT2D eigenvalue weighted by Crippen LogP contribution is 2.43. The Morgan fingerprint density at radius 3 is 2.42 bits per heavy atom. The fourth-order valence-corrected chi connectivity index (χ4v) is 4.25. The minimum absolute atomic E-state index is 0.182. The smallest absolute Gasteiger partial charge is 0.191 e. The van der Waals surface area contributed by atoms with Crippen LogP contribution in [0.25, 0.3) is 0 Å². The maximum atomic E-state index is 5.26. The van der Waals surface area contributed by atoms with E-state index < -0.39 is 0 Å². The molecule has 0 amide bonds. The summed E-state index contributed by atoms with van der Waals surface area (Å²) in [6.45, 7) is 4.08. The van der Waals surface area contributed by atoms with E-state index in [2.05, 4.69) is 63.3 Å². The summed E-state index contributed by atoms with van der Waals surface area (Å²) in [5, 5.41) is 15.5. The normalized spacial score (nSPS) is 15.1. The Balaban J connectivity index is 1.42. The molecular formula is C26H34N6O. The molecule has 0 bridgehead atoms. The van der Waals surface area contributed by atoms with E-state index >= 15 is 0 Å². The zero-order valence-corrected chi connectivity index (χ0v) is 19.8. The van der Waals surface area contributed by atoms with Gasteiger partial charge in [-0.15, -0.1) is 10.2 Å². The number of rotatable bonds is 9. The number of benzene rings is 2. The lowest BCUT2D eigenvalue weighted by Crippen LogP contribution is -2.49. The molecular weight excluding hydrogens is 412 g/mol. The Bertz CT molecular complexity index is 1050. The minimum atomic E-state index is 0.182. The number of aromatic nitrogens is 3. The van der Waals surface area contributed by atoms with Crippen LogP contribution in [0.2, 0.25) is 0 Å². The molecule has 1 aromatic heterocycles. The van der Waals surface area contributed by atoms with Gasteiger partial charge in [-0.1, -0.05) is 48.9 Å². The quantitative estimate of drug-likeness (QED) is 0.388. The molecule has 1 saturated carbocycles. The first-order valence-electron chi connectivity index (χ1n) is 11.7. The summed E-state index contributed by atoms with van der Waals surface area (Å²) in [5.41, 5.74) is 2.85. The molecule has 174 valence electrons. The van der Waals surface area contributed by atoms with E-state index in [-0.39, 0.29) is 5.41 Å². The number of ether oxygens (including phenoxy) is 1. The SMILES string of the molecule is COc1ccc(CCNC(=NCc2nnc(C)n2C)NCC2(c3ccccc3)CCC2)cc1. The van der Waals surface area contributed by atoms with Gasteiger partial charge < -0.3 is 19.9 Å². The number of hydrogen-bond donors (Lipinski definition) is 2. The molecule has 1 aliphatic rings. The van der Waals surface area contributed by atoms with Crippen molar-refractivity contribution >= 4 is 5.96 Å². The molecule has 33 heavy (non-hydrogen) atoms. The van der Waals surface area contributed by atoms with Crippen LogP contribution in [0.4, 0.5) is 0 Å². The molecule has 7 heteroatoms. The molecule has 1 fully saturated rings. The molecule has 0 aliphatic heterocycles. The monoisotopic (exact) mass is 446 g/mol. The first-order chi connectivity index (χ1) is 16.1. The van der Waals surface area contributed by atoms with Gasteiger partial charge in [0, 0.05) is 25.6 Å². The number of guanidine groups is 1. The van der Waals surface area contributed by atoms with E-state index in [9.17, 15) is 0 Å². The van der Waals surface area contributed by atoms with Crippen molar-refractivity contribution in [1.82, 2.24) is 25.4 Å². The summed E-state index contributed by atoms with van der Waals surface area (Å²) in [7, 11) is 3.66. The summed E-state index contributed by atoms with van der Waals surface area (Å²) in [6.07, 6.45) is 4.57. The van der Waals surface area contributed by atoms with Crippen molar-refractivity contribution in [1.29, 1.82) is 0 Å². The number of nitrogens with one attached hydrogen (secondary N) is 2. The van der Waals surface area contributed by atoms with E-state index in [4.69, 9.17) is 9.73 Å². The molecule has 4 rings (SSSR count). The predicted octanol–water partition coefficient (Wildman–Crippen LogP) is 3.53. The summed E-state index contributed by atoms with van der Waals surface area (Å²) in [6, 6.07) is 19.0. The zero-order valence-electron chi connectivity index (χ0n) is 19.8.